The van der Waals surface area contributed by atoms with Crippen molar-refractivity contribution in [3.8, 4) is 5.75 Å². The minimum Gasteiger partial charge on any atom is -0.497 e. The summed E-state index contributed by atoms with van der Waals surface area (Å²) in [5.41, 5.74) is 2.06. The van der Waals surface area contributed by atoms with Gasteiger partial charge in [0.05, 0.1) is 18.0 Å². The Labute approximate surface area is 164 Å². The molecule has 2 unspecified atom stereocenters. The molecule has 1 aliphatic heterocycles. The van der Waals surface area contributed by atoms with Crippen LogP contribution in [-0.4, -0.2) is 18.3 Å². The highest BCUT2D eigenvalue weighted by Gasteiger charge is 2.35. The Morgan fingerprint density at radius 2 is 1.56 bits per heavy atom. The first-order valence-electron chi connectivity index (χ1n) is 8.97. The molecule has 1 saturated heterocycles. The van der Waals surface area contributed by atoms with Crippen molar-refractivity contribution in [1.29, 1.82) is 0 Å². The Morgan fingerprint density at radius 1 is 0.889 bits per heavy atom. The van der Waals surface area contributed by atoms with Crippen LogP contribution in [0.25, 0.3) is 0 Å². The number of benzene rings is 3. The van der Waals surface area contributed by atoms with Crippen LogP contribution >= 0.6 is 11.8 Å². The highest BCUT2D eigenvalue weighted by atomic mass is 32.2. The minimum absolute atomic E-state index is 0.00611. The molecule has 0 amide bonds. The van der Waals surface area contributed by atoms with Crippen LogP contribution in [0.4, 0.5) is 5.69 Å². The lowest BCUT2D eigenvalue weighted by molar-refractivity contribution is 0.228. The predicted molar refractivity (Wildman–Crippen MR) is 111 cm³/mol. The zero-order valence-corrected chi connectivity index (χ0v) is 15.9. The zero-order chi connectivity index (χ0) is 18.5. The summed E-state index contributed by atoms with van der Waals surface area (Å²) in [6.07, 6.45) is 0.791. The van der Waals surface area contributed by atoms with Gasteiger partial charge in [-0.2, -0.15) is 0 Å². The minimum atomic E-state index is -0.00611. The Balaban J connectivity index is 1.59. The van der Waals surface area contributed by atoms with Crippen LogP contribution in [0.3, 0.4) is 0 Å². The van der Waals surface area contributed by atoms with Crippen molar-refractivity contribution in [2.75, 3.05) is 7.11 Å². The van der Waals surface area contributed by atoms with E-state index in [4.69, 9.17) is 14.5 Å². The molecule has 0 bridgehead atoms. The SMILES string of the molecule is COc1ccc(N=C2CC(Sc3ccccc3)C(c3ccccc3)O2)cc1. The molecule has 3 aromatic rings. The van der Waals surface area contributed by atoms with E-state index in [0.717, 1.165) is 23.8 Å². The third kappa shape index (κ3) is 4.34. The molecule has 2 atom stereocenters. The molecule has 4 heteroatoms. The highest BCUT2D eigenvalue weighted by molar-refractivity contribution is 8.00. The fourth-order valence-corrected chi connectivity index (χ4v) is 4.35. The normalized spacial score (nSPS) is 20.4. The summed E-state index contributed by atoms with van der Waals surface area (Å²) in [5.74, 6) is 1.61. The second-order valence-corrected chi connectivity index (χ2v) is 7.64. The topological polar surface area (TPSA) is 30.8 Å². The average Bonchev–Trinajstić information content (AvgIpc) is 3.12. The van der Waals surface area contributed by atoms with Gasteiger partial charge in [-0.05, 0) is 42.0 Å². The highest BCUT2D eigenvalue weighted by Crippen LogP contribution is 2.42. The van der Waals surface area contributed by atoms with Gasteiger partial charge < -0.3 is 9.47 Å². The molecule has 1 heterocycles. The Bertz CT molecular complexity index is 895. The van der Waals surface area contributed by atoms with Crippen molar-refractivity contribution in [1.82, 2.24) is 0 Å². The lowest BCUT2D eigenvalue weighted by atomic mass is 10.1. The summed E-state index contributed by atoms with van der Waals surface area (Å²) >= 11 is 1.85. The smallest absolute Gasteiger partial charge is 0.190 e. The number of aliphatic imine (C=N–C) groups is 1. The quantitative estimate of drug-likeness (QED) is 0.544. The third-order valence-corrected chi connectivity index (χ3v) is 5.72. The molecule has 0 aromatic heterocycles. The van der Waals surface area contributed by atoms with Crippen molar-refractivity contribution >= 4 is 23.3 Å². The lowest BCUT2D eigenvalue weighted by Gasteiger charge is -2.17. The van der Waals surface area contributed by atoms with E-state index in [1.165, 1.54) is 10.5 Å². The van der Waals surface area contributed by atoms with E-state index >= 15 is 0 Å². The number of thioether (sulfide) groups is 1. The summed E-state index contributed by atoms with van der Waals surface area (Å²) in [7, 11) is 1.66. The Morgan fingerprint density at radius 3 is 2.22 bits per heavy atom. The molecular weight excluding hydrogens is 354 g/mol. The summed E-state index contributed by atoms with van der Waals surface area (Å²) in [4.78, 5) is 5.97. The van der Waals surface area contributed by atoms with Gasteiger partial charge >= 0.3 is 0 Å². The molecule has 3 aromatic carbocycles. The average molecular weight is 375 g/mol. The molecule has 0 aliphatic carbocycles. The van der Waals surface area contributed by atoms with Crippen molar-refractivity contribution < 1.29 is 9.47 Å². The molecule has 0 spiro atoms. The molecule has 1 aliphatic rings. The summed E-state index contributed by atoms with van der Waals surface area (Å²) in [6.45, 7) is 0. The van der Waals surface area contributed by atoms with Crippen LogP contribution in [0.2, 0.25) is 0 Å². The molecule has 4 rings (SSSR count). The second kappa shape index (κ2) is 8.31. The maximum absolute atomic E-state index is 6.29. The molecule has 3 nitrogen and oxygen atoms in total. The fourth-order valence-electron chi connectivity index (χ4n) is 3.13. The second-order valence-electron chi connectivity index (χ2n) is 6.33. The zero-order valence-electron chi connectivity index (χ0n) is 15.1. The summed E-state index contributed by atoms with van der Waals surface area (Å²) in [6, 6.07) is 28.6. The Hall–Kier alpha value is -2.72. The number of ether oxygens (including phenoxy) is 2. The monoisotopic (exact) mass is 375 g/mol. The molecule has 136 valence electrons. The van der Waals surface area contributed by atoms with Gasteiger partial charge in [0.1, 0.15) is 11.9 Å². The standard InChI is InChI=1S/C23H21NO2S/c1-25-19-14-12-18(13-15-19)24-22-16-21(27-20-10-6-3-7-11-20)23(26-22)17-8-4-2-5-9-17/h2-15,21,23H,16H2,1H3. The van der Waals surface area contributed by atoms with Gasteiger partial charge in [0, 0.05) is 11.3 Å². The van der Waals surface area contributed by atoms with Crippen molar-refractivity contribution in [2.45, 2.75) is 22.7 Å². The van der Waals surface area contributed by atoms with Gasteiger partial charge in [0.15, 0.2) is 5.90 Å². The van der Waals surface area contributed by atoms with Crippen molar-refractivity contribution in [3.63, 3.8) is 0 Å². The molecule has 1 fully saturated rings. The fraction of sp³-hybridized carbons (Fsp3) is 0.174. The van der Waals surface area contributed by atoms with Gasteiger partial charge in [0.2, 0.25) is 0 Å². The first-order chi connectivity index (χ1) is 13.3. The third-order valence-electron chi connectivity index (χ3n) is 4.46. The molecular formula is C23H21NO2S. The predicted octanol–water partition coefficient (Wildman–Crippen LogP) is 6.05. The lowest BCUT2D eigenvalue weighted by Crippen LogP contribution is -2.09. The van der Waals surface area contributed by atoms with Gasteiger partial charge in [-0.25, -0.2) is 4.99 Å². The first kappa shape index (κ1) is 17.7. The van der Waals surface area contributed by atoms with Gasteiger partial charge in [-0.3, -0.25) is 0 Å². The van der Waals surface area contributed by atoms with E-state index in [2.05, 4.69) is 48.5 Å². The van der Waals surface area contributed by atoms with Crippen LogP contribution in [0.15, 0.2) is 94.8 Å². The van der Waals surface area contributed by atoms with Crippen LogP contribution < -0.4 is 4.74 Å². The summed E-state index contributed by atoms with van der Waals surface area (Å²) < 4.78 is 11.5. The maximum atomic E-state index is 6.29. The number of hydrogen-bond donors (Lipinski definition) is 0. The van der Waals surface area contributed by atoms with E-state index in [9.17, 15) is 0 Å². The van der Waals surface area contributed by atoms with Crippen LogP contribution in [0.1, 0.15) is 18.1 Å². The molecule has 0 saturated carbocycles. The largest absolute Gasteiger partial charge is 0.497 e. The van der Waals surface area contributed by atoms with Crippen molar-refractivity contribution in [2.24, 2.45) is 4.99 Å². The molecule has 0 radical (unpaired) electrons. The number of nitrogens with zero attached hydrogens (tertiary/aromatic N) is 1. The van der Waals surface area contributed by atoms with Crippen LogP contribution in [0.5, 0.6) is 5.75 Å². The number of methoxy groups -OCH3 is 1. The van der Waals surface area contributed by atoms with Gasteiger partial charge in [-0.15, -0.1) is 11.8 Å². The number of rotatable bonds is 5. The first-order valence-corrected chi connectivity index (χ1v) is 9.85. The van der Waals surface area contributed by atoms with Gasteiger partial charge in [0.25, 0.3) is 0 Å². The van der Waals surface area contributed by atoms with Crippen LogP contribution in [0, 0.1) is 0 Å². The Kier molecular flexibility index (Phi) is 5.45. The van der Waals surface area contributed by atoms with Crippen LogP contribution in [-0.2, 0) is 4.74 Å². The number of hydrogen-bond acceptors (Lipinski definition) is 4. The van der Waals surface area contributed by atoms with E-state index in [1.807, 2.05) is 48.2 Å². The summed E-state index contributed by atoms with van der Waals surface area (Å²) in [5, 5.41) is 0.284. The maximum Gasteiger partial charge on any atom is 0.190 e. The van der Waals surface area contributed by atoms with E-state index in [0.29, 0.717) is 0 Å². The molecule has 0 N–H and O–H groups in total. The van der Waals surface area contributed by atoms with Crippen molar-refractivity contribution in [3.05, 3.63) is 90.5 Å². The molecule has 27 heavy (non-hydrogen) atoms. The van der Waals surface area contributed by atoms with Gasteiger partial charge in [-0.1, -0.05) is 48.5 Å². The van der Waals surface area contributed by atoms with E-state index in [1.54, 1.807) is 7.11 Å². The van der Waals surface area contributed by atoms with E-state index < -0.39 is 0 Å². The van der Waals surface area contributed by atoms with E-state index in [-0.39, 0.29) is 11.4 Å².